The molecule has 3 rings (SSSR count). The molecule has 1 saturated heterocycles. The average Bonchev–Trinajstić information content (AvgIpc) is 2.86. The molecule has 1 amide bonds. The molecule has 1 aromatic heterocycles. The van der Waals surface area contributed by atoms with Gasteiger partial charge in [0.05, 0.1) is 22.8 Å². The molecule has 0 unspecified atom stereocenters. The van der Waals surface area contributed by atoms with Crippen molar-refractivity contribution in [2.24, 2.45) is 0 Å². The van der Waals surface area contributed by atoms with Crippen LogP contribution < -0.4 is 19.4 Å². The van der Waals surface area contributed by atoms with Gasteiger partial charge in [0, 0.05) is 14.1 Å². The number of amides is 1. The lowest BCUT2D eigenvalue weighted by molar-refractivity contribution is -0.117. The van der Waals surface area contributed by atoms with Gasteiger partial charge in [-0.2, -0.15) is 15.0 Å². The summed E-state index contributed by atoms with van der Waals surface area (Å²) < 4.78 is 5.13. The van der Waals surface area contributed by atoms with Crippen LogP contribution in [0.4, 0.5) is 17.6 Å². The van der Waals surface area contributed by atoms with Crippen LogP contribution >= 0.6 is 23.2 Å². The summed E-state index contributed by atoms with van der Waals surface area (Å²) in [7, 11) is 4.97. The number of aromatic nitrogens is 3. The molecule has 2 aromatic rings. The van der Waals surface area contributed by atoms with Crippen LogP contribution in [0.2, 0.25) is 10.0 Å². The van der Waals surface area contributed by atoms with Crippen molar-refractivity contribution < 1.29 is 9.53 Å². The summed E-state index contributed by atoms with van der Waals surface area (Å²) in [5, 5.41) is 9.18. The van der Waals surface area contributed by atoms with Crippen molar-refractivity contribution in [2.75, 3.05) is 35.9 Å². The topological polar surface area (TPSA) is 98.5 Å². The van der Waals surface area contributed by atoms with E-state index in [1.807, 2.05) is 0 Å². The first-order valence-corrected chi connectivity index (χ1v) is 8.64. The molecule has 142 valence electrons. The standard InChI is InChI=1S/C16H17Cl2N7O2/c1-8-12(26)25(9-5-6-10(17)11(18)7-9)13(19)24(8)15-20-14(23(2)3)21-16(22-15)27-4/h5-8,19H,1-4H3/t8-/m0/s1. The van der Waals surface area contributed by atoms with Crippen LogP contribution in [0.15, 0.2) is 18.2 Å². The maximum Gasteiger partial charge on any atom is 0.322 e. The molecule has 1 fully saturated rings. The molecule has 0 saturated carbocycles. The van der Waals surface area contributed by atoms with E-state index in [1.54, 1.807) is 38.1 Å². The number of carbonyl (C=O) groups excluding carboxylic acids is 1. The number of anilines is 3. The molecular weight excluding hydrogens is 393 g/mol. The van der Waals surface area contributed by atoms with Gasteiger partial charge in [0.1, 0.15) is 6.04 Å². The fourth-order valence-electron chi connectivity index (χ4n) is 2.57. The van der Waals surface area contributed by atoms with Crippen LogP contribution in [0.25, 0.3) is 0 Å². The molecule has 0 spiro atoms. The number of hydrogen-bond donors (Lipinski definition) is 1. The quantitative estimate of drug-likeness (QED) is 0.827. The summed E-state index contributed by atoms with van der Waals surface area (Å²) in [6.45, 7) is 1.67. The van der Waals surface area contributed by atoms with Gasteiger partial charge < -0.3 is 9.64 Å². The van der Waals surface area contributed by atoms with Gasteiger partial charge in [-0.05, 0) is 25.1 Å². The number of methoxy groups -OCH3 is 1. The predicted octanol–water partition coefficient (Wildman–Crippen LogP) is 2.43. The second kappa shape index (κ2) is 7.16. The van der Waals surface area contributed by atoms with E-state index in [0.29, 0.717) is 16.7 Å². The lowest BCUT2D eigenvalue weighted by Gasteiger charge is -2.21. The zero-order chi connectivity index (χ0) is 19.9. The van der Waals surface area contributed by atoms with Crippen LogP contribution in [0.5, 0.6) is 6.01 Å². The Morgan fingerprint density at radius 2 is 1.89 bits per heavy atom. The van der Waals surface area contributed by atoms with Crippen molar-refractivity contribution in [3.8, 4) is 6.01 Å². The number of guanidine groups is 1. The zero-order valence-corrected chi connectivity index (χ0v) is 16.6. The lowest BCUT2D eigenvalue weighted by atomic mass is 10.2. The lowest BCUT2D eigenvalue weighted by Crippen LogP contribution is -2.36. The van der Waals surface area contributed by atoms with Gasteiger partial charge in [-0.1, -0.05) is 23.2 Å². The van der Waals surface area contributed by atoms with Gasteiger partial charge >= 0.3 is 6.01 Å². The second-order valence-electron chi connectivity index (χ2n) is 5.96. The SMILES string of the molecule is COc1nc(N(C)C)nc(N2C(=N)N(c3ccc(Cl)c(Cl)c3)C(=O)[C@@H]2C)n1. The smallest absolute Gasteiger partial charge is 0.322 e. The normalized spacial score (nSPS) is 16.9. The maximum absolute atomic E-state index is 12.8. The van der Waals surface area contributed by atoms with Gasteiger partial charge in [-0.15, -0.1) is 0 Å². The van der Waals surface area contributed by atoms with E-state index in [1.165, 1.54) is 23.0 Å². The summed E-state index contributed by atoms with van der Waals surface area (Å²) in [5.41, 5.74) is 0.433. The molecule has 1 aliphatic heterocycles. The molecule has 11 heteroatoms. The number of carbonyl (C=O) groups is 1. The molecule has 1 aliphatic rings. The van der Waals surface area contributed by atoms with E-state index in [-0.39, 0.29) is 28.8 Å². The van der Waals surface area contributed by atoms with Gasteiger partial charge in [0.25, 0.3) is 5.91 Å². The second-order valence-corrected chi connectivity index (χ2v) is 6.77. The first kappa shape index (κ1) is 19.1. The van der Waals surface area contributed by atoms with Crippen molar-refractivity contribution in [1.82, 2.24) is 15.0 Å². The van der Waals surface area contributed by atoms with Gasteiger partial charge in [0.15, 0.2) is 0 Å². The van der Waals surface area contributed by atoms with Crippen molar-refractivity contribution in [1.29, 1.82) is 5.41 Å². The van der Waals surface area contributed by atoms with Gasteiger partial charge in [-0.3, -0.25) is 15.1 Å². The van der Waals surface area contributed by atoms with Crippen molar-refractivity contribution in [3.63, 3.8) is 0 Å². The minimum atomic E-state index is -0.700. The highest BCUT2D eigenvalue weighted by Crippen LogP contribution is 2.32. The monoisotopic (exact) mass is 409 g/mol. The average molecular weight is 410 g/mol. The fraction of sp³-hybridized carbons (Fsp3) is 0.312. The number of hydrogen-bond acceptors (Lipinski definition) is 7. The van der Waals surface area contributed by atoms with E-state index < -0.39 is 6.04 Å². The molecule has 2 heterocycles. The van der Waals surface area contributed by atoms with Gasteiger partial charge in [0.2, 0.25) is 17.9 Å². The Labute approximate surface area is 166 Å². The fourth-order valence-corrected chi connectivity index (χ4v) is 2.86. The van der Waals surface area contributed by atoms with E-state index in [9.17, 15) is 4.79 Å². The summed E-state index contributed by atoms with van der Waals surface area (Å²) in [4.78, 5) is 29.8. The van der Waals surface area contributed by atoms with E-state index in [0.717, 1.165) is 0 Å². The van der Waals surface area contributed by atoms with E-state index in [4.69, 9.17) is 33.3 Å². The number of rotatable bonds is 4. The highest BCUT2D eigenvalue weighted by molar-refractivity contribution is 6.42. The summed E-state index contributed by atoms with van der Waals surface area (Å²) in [5.74, 6) is 0.0595. The van der Waals surface area contributed by atoms with Crippen molar-refractivity contribution in [2.45, 2.75) is 13.0 Å². The Hall–Kier alpha value is -2.65. The van der Waals surface area contributed by atoms with Crippen molar-refractivity contribution >= 4 is 52.7 Å². The molecule has 1 aromatic carbocycles. The third-order valence-electron chi connectivity index (χ3n) is 3.96. The molecular formula is C16H17Cl2N7O2. The van der Waals surface area contributed by atoms with Crippen LogP contribution in [-0.2, 0) is 4.79 Å². The first-order chi connectivity index (χ1) is 12.7. The zero-order valence-electron chi connectivity index (χ0n) is 15.1. The molecule has 0 bridgehead atoms. The Kier molecular flexibility index (Phi) is 5.07. The number of benzene rings is 1. The minimum absolute atomic E-state index is 0.0872. The van der Waals surface area contributed by atoms with Crippen molar-refractivity contribution in [3.05, 3.63) is 28.2 Å². The number of nitrogens with one attached hydrogen (secondary N) is 1. The molecule has 0 aliphatic carbocycles. The minimum Gasteiger partial charge on any atom is -0.467 e. The molecule has 1 N–H and O–H groups in total. The van der Waals surface area contributed by atoms with E-state index in [2.05, 4.69) is 15.0 Å². The van der Waals surface area contributed by atoms with Crippen LogP contribution in [0, 0.1) is 5.41 Å². The molecule has 27 heavy (non-hydrogen) atoms. The number of halogens is 2. The Bertz CT molecular complexity index is 922. The van der Waals surface area contributed by atoms with Crippen LogP contribution in [-0.4, -0.2) is 54.1 Å². The highest BCUT2D eigenvalue weighted by Gasteiger charge is 2.43. The third kappa shape index (κ3) is 3.35. The first-order valence-electron chi connectivity index (χ1n) is 7.88. The molecule has 9 nitrogen and oxygen atoms in total. The maximum atomic E-state index is 12.8. The molecule has 1 atom stereocenters. The summed E-state index contributed by atoms with van der Waals surface area (Å²) in [6.07, 6.45) is 0. The summed E-state index contributed by atoms with van der Waals surface area (Å²) in [6, 6.07) is 4.11. The third-order valence-corrected chi connectivity index (χ3v) is 4.69. The van der Waals surface area contributed by atoms with E-state index >= 15 is 0 Å². The van der Waals surface area contributed by atoms with Gasteiger partial charge in [-0.25, -0.2) is 4.90 Å². The van der Waals surface area contributed by atoms with Crippen LogP contribution in [0.1, 0.15) is 6.92 Å². The highest BCUT2D eigenvalue weighted by atomic mass is 35.5. The Morgan fingerprint density at radius 3 is 2.48 bits per heavy atom. The predicted molar refractivity (Wildman–Crippen MR) is 104 cm³/mol. The summed E-state index contributed by atoms with van der Waals surface area (Å²) >= 11 is 12.0. The Morgan fingerprint density at radius 1 is 1.19 bits per heavy atom. The number of ether oxygens (including phenoxy) is 1. The number of nitrogens with zero attached hydrogens (tertiary/aromatic N) is 6. The van der Waals surface area contributed by atoms with Crippen LogP contribution in [0.3, 0.4) is 0 Å². The molecule has 0 radical (unpaired) electrons. The largest absolute Gasteiger partial charge is 0.467 e. The Balaban J connectivity index is 2.05.